The molecule has 0 fully saturated rings. The number of alkyl halides is 15. The molecule has 0 aliphatic heterocycles. The third-order valence-electron chi connectivity index (χ3n) is 10.1. The first-order valence-electron chi connectivity index (χ1n) is 20.5. The van der Waals surface area contributed by atoms with Crippen LogP contribution in [0.2, 0.25) is 0 Å². The number of carboxylic acid groups (broad SMARTS) is 1. The van der Waals surface area contributed by atoms with Crippen LogP contribution in [0.5, 0.6) is 23.0 Å². The summed E-state index contributed by atoms with van der Waals surface area (Å²) in [5.74, 6) is -4.33. The number of halogens is 17. The molecule has 0 atom stereocenters. The Morgan fingerprint density at radius 2 is 0.757 bits per heavy atom. The second-order valence-corrected chi connectivity index (χ2v) is 17.3. The molecule has 26 heteroatoms. The average molecular weight is 1190 g/mol. The number of nitrogens with one attached hydrogen (secondary N) is 2. The van der Waals surface area contributed by atoms with E-state index in [-0.39, 0.29) is 35.1 Å². The van der Waals surface area contributed by atoms with E-state index >= 15 is 0 Å². The summed E-state index contributed by atoms with van der Waals surface area (Å²) in [6, 6.07) is 28.3. The van der Waals surface area contributed by atoms with Crippen molar-refractivity contribution in [2.45, 2.75) is 55.4 Å². The maximum Gasteiger partial charge on any atom is 0.573 e. The summed E-state index contributed by atoms with van der Waals surface area (Å²) in [7, 11) is 0. The van der Waals surface area contributed by atoms with Gasteiger partial charge in [0.05, 0.1) is 5.54 Å². The Hall–Kier alpha value is -6.83. The van der Waals surface area contributed by atoms with Gasteiger partial charge in [-0.1, -0.05) is 105 Å². The first kappa shape index (κ1) is 58.1. The minimum atomic E-state index is -5.12. The van der Waals surface area contributed by atoms with Crippen LogP contribution in [-0.4, -0.2) is 55.3 Å². The van der Waals surface area contributed by atoms with E-state index in [1.807, 2.05) is 0 Å². The molecule has 0 radical (unpaired) electrons. The number of rotatable bonds is 15. The van der Waals surface area contributed by atoms with Crippen LogP contribution in [0, 0.1) is 0 Å². The molecule has 6 aromatic carbocycles. The number of carboxylic acids is 1. The molecule has 0 saturated carbocycles. The van der Waals surface area contributed by atoms with Gasteiger partial charge in [-0.2, -0.15) is 13.2 Å². The Bertz CT molecular complexity index is 2740. The summed E-state index contributed by atoms with van der Waals surface area (Å²) in [6.45, 7) is -1.76. The van der Waals surface area contributed by atoms with Crippen LogP contribution in [0.4, 0.5) is 70.7 Å². The third-order valence-corrected chi connectivity index (χ3v) is 11.2. The Labute approximate surface area is 425 Å². The second-order valence-electron chi connectivity index (χ2n) is 15.4. The van der Waals surface area contributed by atoms with E-state index in [2.05, 4.69) is 56.1 Å². The van der Waals surface area contributed by atoms with E-state index in [1.54, 1.807) is 53.8 Å². The normalized spacial score (nSPS) is 12.4. The number of amides is 2. The molecular weight excluding hydrogens is 1160 g/mol. The predicted molar refractivity (Wildman–Crippen MR) is 240 cm³/mol. The molecule has 74 heavy (non-hydrogen) atoms. The number of carbonyl (C=O) groups excluding carboxylic acids is 1. The highest BCUT2D eigenvalue weighted by Gasteiger charge is 2.45. The molecule has 0 bridgehead atoms. The van der Waals surface area contributed by atoms with Gasteiger partial charge >= 0.3 is 43.6 Å². The zero-order chi connectivity index (χ0) is 54.9. The Balaban J connectivity index is 0.000000278. The van der Waals surface area contributed by atoms with E-state index in [1.165, 1.54) is 36.4 Å². The summed E-state index contributed by atoms with van der Waals surface area (Å²) in [5, 5.41) is 14.3. The fraction of sp³-hybridized carbons (Fsp3) is 0.208. The van der Waals surface area contributed by atoms with E-state index in [0.717, 1.165) is 60.7 Å². The number of aliphatic carboxylic acids is 1. The Kier molecular flexibility index (Phi) is 18.2. The monoisotopic (exact) mass is 1190 g/mol. The van der Waals surface area contributed by atoms with Crippen molar-refractivity contribution in [1.82, 2.24) is 10.6 Å². The van der Waals surface area contributed by atoms with E-state index in [0.29, 0.717) is 20.1 Å². The minimum Gasteiger partial charge on any atom is -0.480 e. The van der Waals surface area contributed by atoms with Crippen LogP contribution >= 0.6 is 31.9 Å². The summed E-state index contributed by atoms with van der Waals surface area (Å²) in [5.41, 5.74) is -3.79. The Morgan fingerprint density at radius 3 is 1.07 bits per heavy atom. The lowest BCUT2D eigenvalue weighted by Gasteiger charge is -2.37. The fourth-order valence-corrected chi connectivity index (χ4v) is 7.85. The van der Waals surface area contributed by atoms with Crippen molar-refractivity contribution in [3.63, 3.8) is 0 Å². The van der Waals surface area contributed by atoms with Crippen molar-refractivity contribution < 1.29 is 99.5 Å². The molecule has 6 aromatic rings. The number of ether oxygens (including phenoxy) is 4. The maximum absolute atomic E-state index is 13.0. The summed E-state index contributed by atoms with van der Waals surface area (Å²) in [4.78, 5) is 25.5. The molecular formula is C48H33Br2F15N2O7. The molecule has 6 rings (SSSR count). The van der Waals surface area contributed by atoms with Crippen molar-refractivity contribution in [1.29, 1.82) is 0 Å². The first-order valence-corrected chi connectivity index (χ1v) is 22.1. The highest BCUT2D eigenvalue weighted by Crippen LogP contribution is 2.42. The zero-order valence-electron chi connectivity index (χ0n) is 36.8. The average Bonchev–Trinajstić information content (AvgIpc) is 3.26. The standard InChI is InChI=1S/C25H18BrF9N2O3.C23H15BrF6O4/c26-18-9-7-15(8-10-18)13-22(37-21(38)36-14-23(27,28)29,16-3-1-5-19(11-16)39-24(30,31)32)17-4-2-6-20(12-17)40-25(33,34)35;24-17-9-7-14(8-10-17)13-21(20(31)32,15-3-1-5-18(11-15)33-22(25,26)27)16-4-2-6-19(12-16)34-23(28,29)30/h1-12H,13-14H2,(H2,36,37,38);1-12H,13H2,(H,31,32). The third kappa shape index (κ3) is 17.4. The number of urea groups is 1. The highest BCUT2D eigenvalue weighted by atomic mass is 79.9. The molecule has 0 aliphatic carbocycles. The van der Waals surface area contributed by atoms with Crippen LogP contribution in [0.1, 0.15) is 33.4 Å². The number of benzene rings is 6. The molecule has 0 heterocycles. The topological polar surface area (TPSA) is 115 Å². The maximum atomic E-state index is 13.0. The number of carbonyl (C=O) groups is 2. The van der Waals surface area contributed by atoms with Crippen molar-refractivity contribution >= 4 is 43.9 Å². The molecule has 0 aromatic heterocycles. The van der Waals surface area contributed by atoms with Gasteiger partial charge in [0, 0.05) is 15.4 Å². The minimum absolute atomic E-state index is 0.131. The quantitative estimate of drug-likeness (QED) is 0.0877. The molecule has 0 aliphatic rings. The van der Waals surface area contributed by atoms with Gasteiger partial charge in [0.1, 0.15) is 35.0 Å². The molecule has 2 amide bonds. The highest BCUT2D eigenvalue weighted by molar-refractivity contribution is 9.10. The molecule has 9 nitrogen and oxygen atoms in total. The van der Waals surface area contributed by atoms with Gasteiger partial charge in [-0.25, -0.2) is 4.79 Å². The fourth-order valence-electron chi connectivity index (χ4n) is 7.32. The van der Waals surface area contributed by atoms with Crippen LogP contribution in [-0.2, 0) is 28.6 Å². The lowest BCUT2D eigenvalue weighted by Crippen LogP contribution is -2.53. The van der Waals surface area contributed by atoms with Crippen molar-refractivity contribution in [3.8, 4) is 23.0 Å². The van der Waals surface area contributed by atoms with Crippen LogP contribution < -0.4 is 29.6 Å². The lowest BCUT2D eigenvalue weighted by molar-refractivity contribution is -0.275. The van der Waals surface area contributed by atoms with Gasteiger partial charge in [0.2, 0.25) is 0 Å². The first-order chi connectivity index (χ1) is 34.2. The summed E-state index contributed by atoms with van der Waals surface area (Å²) < 4.78 is 210. The predicted octanol–water partition coefficient (Wildman–Crippen LogP) is 14.5. The van der Waals surface area contributed by atoms with Crippen LogP contribution in [0.15, 0.2) is 155 Å². The molecule has 0 spiro atoms. The smallest absolute Gasteiger partial charge is 0.480 e. The van der Waals surface area contributed by atoms with Crippen molar-refractivity contribution in [2.75, 3.05) is 6.54 Å². The zero-order valence-corrected chi connectivity index (χ0v) is 40.0. The van der Waals surface area contributed by atoms with Gasteiger partial charge in [-0.15, -0.1) is 52.7 Å². The van der Waals surface area contributed by atoms with E-state index in [4.69, 9.17) is 0 Å². The molecule has 0 unspecified atom stereocenters. The van der Waals surface area contributed by atoms with Gasteiger partial charge in [-0.3, -0.25) is 4.79 Å². The van der Waals surface area contributed by atoms with Crippen LogP contribution in [0.25, 0.3) is 0 Å². The van der Waals surface area contributed by atoms with Gasteiger partial charge in [-0.05, 0) is 113 Å². The number of hydrogen-bond donors (Lipinski definition) is 3. The Morgan fingerprint density at radius 1 is 0.446 bits per heavy atom. The number of hydrogen-bond acceptors (Lipinski definition) is 6. The van der Waals surface area contributed by atoms with Crippen LogP contribution in [0.3, 0.4) is 0 Å². The van der Waals surface area contributed by atoms with Gasteiger partial charge in [0.15, 0.2) is 0 Å². The van der Waals surface area contributed by atoms with Crippen molar-refractivity contribution in [2.24, 2.45) is 0 Å². The van der Waals surface area contributed by atoms with E-state index in [9.17, 15) is 80.6 Å². The summed E-state index contributed by atoms with van der Waals surface area (Å²) >= 11 is 6.49. The largest absolute Gasteiger partial charge is 0.573 e. The molecule has 3 N–H and O–H groups in total. The second kappa shape index (κ2) is 23.2. The lowest BCUT2D eigenvalue weighted by atomic mass is 9.70. The molecule has 396 valence electrons. The molecule has 0 saturated heterocycles. The van der Waals surface area contributed by atoms with Gasteiger partial charge < -0.3 is 34.7 Å². The van der Waals surface area contributed by atoms with Crippen molar-refractivity contribution in [3.05, 3.63) is 188 Å². The summed E-state index contributed by atoms with van der Waals surface area (Å²) in [6.07, 6.45) is -25.7. The SMILES string of the molecule is O=C(NCC(F)(F)F)NC(Cc1ccc(Br)cc1)(c1cccc(OC(F)(F)F)c1)c1cccc(OC(F)(F)F)c1.O=C(O)C(Cc1ccc(Br)cc1)(c1cccc(OC(F)(F)F)c1)c1cccc(OC(F)(F)F)c1. The van der Waals surface area contributed by atoms with E-state index < -0.39 is 84.1 Å². The van der Waals surface area contributed by atoms with Gasteiger partial charge in [0.25, 0.3) is 0 Å².